The molecule has 1 aliphatic heterocycles. The Hall–Kier alpha value is -2.80. The fraction of sp³-hybridized carbons (Fsp3) is 0.263. The number of carboxylic acids is 1. The molecule has 0 spiro atoms. The van der Waals surface area contributed by atoms with E-state index in [-0.39, 0.29) is 36.0 Å². The maximum absolute atomic E-state index is 13.3. The number of nitrogens with two attached hydrogens (primary N) is 1. The summed E-state index contributed by atoms with van der Waals surface area (Å²) in [6.07, 6.45) is -0.282. The van der Waals surface area contributed by atoms with E-state index in [0.29, 0.717) is 13.1 Å². The van der Waals surface area contributed by atoms with E-state index in [2.05, 4.69) is 9.89 Å². The second kappa shape index (κ2) is 7.61. The molecule has 3 N–H and O–H groups in total. The zero-order valence-corrected chi connectivity index (χ0v) is 14.0. The van der Waals surface area contributed by atoms with Crippen LogP contribution in [0.4, 0.5) is 8.78 Å². The number of benzene rings is 2. The van der Waals surface area contributed by atoms with Gasteiger partial charge in [0.05, 0.1) is 12.1 Å². The zero-order chi connectivity index (χ0) is 18.7. The summed E-state index contributed by atoms with van der Waals surface area (Å²) in [6.45, 7) is 1.17. The van der Waals surface area contributed by atoms with E-state index in [1.807, 2.05) is 0 Å². The molecule has 0 aliphatic carbocycles. The number of nitrogens with zero attached hydrogens (tertiary/aromatic N) is 2. The molecule has 0 atom stereocenters. The number of carbonyl (C=O) groups is 1. The summed E-state index contributed by atoms with van der Waals surface area (Å²) in [5, 5.41) is 8.74. The number of aliphatic carboxylic acids is 1. The number of aliphatic imine (C=N–C) groups is 1. The third kappa shape index (κ3) is 4.23. The Morgan fingerprint density at radius 2 is 1.54 bits per heavy atom. The second-order valence-corrected chi connectivity index (χ2v) is 6.30. The van der Waals surface area contributed by atoms with Crippen LogP contribution in [0.25, 0.3) is 0 Å². The Bertz CT molecular complexity index is 755. The predicted octanol–water partition coefficient (Wildman–Crippen LogP) is 2.57. The van der Waals surface area contributed by atoms with Crippen molar-refractivity contribution in [1.82, 2.24) is 4.90 Å². The van der Waals surface area contributed by atoms with Crippen molar-refractivity contribution in [2.75, 3.05) is 13.1 Å². The summed E-state index contributed by atoms with van der Waals surface area (Å²) in [6, 6.07) is 12.2. The van der Waals surface area contributed by atoms with E-state index in [1.165, 1.54) is 24.3 Å². The molecular weight excluding hydrogens is 340 g/mol. The first-order valence-electron chi connectivity index (χ1n) is 8.21. The smallest absolute Gasteiger partial charge is 0.310 e. The molecule has 26 heavy (non-hydrogen) atoms. The first kappa shape index (κ1) is 18.0. The van der Waals surface area contributed by atoms with Gasteiger partial charge in [-0.25, -0.2) is 8.78 Å². The van der Waals surface area contributed by atoms with Crippen molar-refractivity contribution in [3.05, 3.63) is 71.3 Å². The average molecular weight is 359 g/mol. The maximum Gasteiger partial charge on any atom is 0.310 e. The number of likely N-dealkylation sites (tertiary alicyclic amines) is 1. The molecular formula is C19H19F2N3O2. The normalized spacial score (nSPS) is 15.9. The van der Waals surface area contributed by atoms with Crippen molar-refractivity contribution in [2.24, 2.45) is 10.7 Å². The molecule has 0 saturated carbocycles. The number of carboxylic acid groups (broad SMARTS) is 1. The topological polar surface area (TPSA) is 78.9 Å². The Morgan fingerprint density at radius 1 is 1.08 bits per heavy atom. The van der Waals surface area contributed by atoms with Gasteiger partial charge >= 0.3 is 5.97 Å². The van der Waals surface area contributed by atoms with E-state index >= 15 is 0 Å². The molecule has 0 radical (unpaired) electrons. The average Bonchev–Trinajstić information content (AvgIpc) is 2.55. The molecule has 0 amide bonds. The zero-order valence-electron chi connectivity index (χ0n) is 14.0. The monoisotopic (exact) mass is 359 g/mol. The van der Waals surface area contributed by atoms with E-state index in [4.69, 9.17) is 10.8 Å². The second-order valence-electron chi connectivity index (χ2n) is 6.30. The first-order valence-corrected chi connectivity index (χ1v) is 8.21. The van der Waals surface area contributed by atoms with Crippen molar-refractivity contribution in [3.63, 3.8) is 0 Å². The van der Waals surface area contributed by atoms with Crippen LogP contribution in [0, 0.1) is 11.6 Å². The fourth-order valence-electron chi connectivity index (χ4n) is 3.12. The Kier molecular flexibility index (Phi) is 5.27. The minimum absolute atomic E-state index is 0.0854. The van der Waals surface area contributed by atoms with Crippen molar-refractivity contribution >= 4 is 11.8 Å². The highest BCUT2D eigenvalue weighted by Gasteiger charge is 2.34. The van der Waals surface area contributed by atoms with E-state index in [1.54, 1.807) is 24.3 Å². The van der Waals surface area contributed by atoms with Crippen LogP contribution in [0.1, 0.15) is 23.6 Å². The highest BCUT2D eigenvalue weighted by molar-refractivity contribution is 5.95. The summed E-state index contributed by atoms with van der Waals surface area (Å²) in [5.41, 5.74) is 7.41. The van der Waals surface area contributed by atoms with Gasteiger partial charge in [-0.05, 0) is 35.4 Å². The van der Waals surface area contributed by atoms with Crippen LogP contribution in [0.15, 0.2) is 53.5 Å². The molecule has 0 unspecified atom stereocenters. The van der Waals surface area contributed by atoms with Crippen LogP contribution in [0.3, 0.4) is 0 Å². The van der Waals surface area contributed by atoms with Gasteiger partial charge in [-0.1, -0.05) is 24.3 Å². The third-order valence-electron chi connectivity index (χ3n) is 4.31. The maximum atomic E-state index is 13.3. The molecule has 0 aromatic heterocycles. The number of hydrogen-bond donors (Lipinski definition) is 2. The van der Waals surface area contributed by atoms with E-state index < -0.39 is 5.97 Å². The molecule has 1 heterocycles. The van der Waals surface area contributed by atoms with Gasteiger partial charge in [-0.3, -0.25) is 14.7 Å². The van der Waals surface area contributed by atoms with E-state index in [9.17, 15) is 13.6 Å². The predicted molar refractivity (Wildman–Crippen MR) is 93.9 cm³/mol. The molecule has 7 heteroatoms. The standard InChI is InChI=1S/C19H19F2N3O2/c20-14-5-1-12(2-6-14)19(13-3-7-15(21)8-4-13)24-10-16(11-24)23-17(22)9-18(25)26/h1-8,16,19H,9-11H2,(H2,22,23)(H,25,26). The van der Waals surface area contributed by atoms with Crippen LogP contribution in [-0.2, 0) is 4.79 Å². The summed E-state index contributed by atoms with van der Waals surface area (Å²) in [7, 11) is 0. The van der Waals surface area contributed by atoms with Crippen molar-refractivity contribution in [1.29, 1.82) is 0 Å². The first-order chi connectivity index (χ1) is 12.4. The summed E-state index contributed by atoms with van der Waals surface area (Å²) in [5.74, 6) is -1.56. The summed E-state index contributed by atoms with van der Waals surface area (Å²) < 4.78 is 26.5. The van der Waals surface area contributed by atoms with Gasteiger partial charge in [0.1, 0.15) is 23.9 Å². The highest BCUT2D eigenvalue weighted by Crippen LogP contribution is 2.33. The van der Waals surface area contributed by atoms with Gasteiger partial charge in [0, 0.05) is 13.1 Å². The minimum atomic E-state index is -1.02. The van der Waals surface area contributed by atoms with Gasteiger partial charge in [0.25, 0.3) is 0 Å². The number of hydrogen-bond acceptors (Lipinski definition) is 3. The molecule has 3 rings (SSSR count). The van der Waals surface area contributed by atoms with Gasteiger partial charge in [-0.15, -0.1) is 0 Å². The molecule has 2 aromatic rings. The molecule has 5 nitrogen and oxygen atoms in total. The number of halogens is 2. The van der Waals surface area contributed by atoms with Crippen molar-refractivity contribution in [2.45, 2.75) is 18.5 Å². The van der Waals surface area contributed by atoms with Gasteiger partial charge in [-0.2, -0.15) is 0 Å². The van der Waals surface area contributed by atoms with Crippen LogP contribution in [0.2, 0.25) is 0 Å². The molecule has 1 saturated heterocycles. The van der Waals surface area contributed by atoms with Crippen molar-refractivity contribution < 1.29 is 18.7 Å². The fourth-order valence-corrected chi connectivity index (χ4v) is 3.12. The van der Waals surface area contributed by atoms with E-state index in [0.717, 1.165) is 11.1 Å². The third-order valence-corrected chi connectivity index (χ3v) is 4.31. The molecule has 136 valence electrons. The van der Waals surface area contributed by atoms with Crippen LogP contribution >= 0.6 is 0 Å². The van der Waals surface area contributed by atoms with Gasteiger partial charge < -0.3 is 10.8 Å². The quantitative estimate of drug-likeness (QED) is 0.614. The molecule has 2 aromatic carbocycles. The lowest BCUT2D eigenvalue weighted by molar-refractivity contribution is -0.135. The van der Waals surface area contributed by atoms with Crippen LogP contribution < -0.4 is 5.73 Å². The lowest BCUT2D eigenvalue weighted by Crippen LogP contribution is -2.52. The highest BCUT2D eigenvalue weighted by atomic mass is 19.1. The number of rotatable bonds is 6. The molecule has 1 aliphatic rings. The van der Waals surface area contributed by atoms with Gasteiger partial charge in [0.15, 0.2) is 0 Å². The lowest BCUT2D eigenvalue weighted by atomic mass is 9.93. The summed E-state index contributed by atoms with van der Waals surface area (Å²) >= 11 is 0. The summed E-state index contributed by atoms with van der Waals surface area (Å²) in [4.78, 5) is 17.0. The Morgan fingerprint density at radius 3 is 1.96 bits per heavy atom. The van der Waals surface area contributed by atoms with Crippen LogP contribution in [0.5, 0.6) is 0 Å². The van der Waals surface area contributed by atoms with Crippen molar-refractivity contribution in [3.8, 4) is 0 Å². The lowest BCUT2D eigenvalue weighted by Gasteiger charge is -2.43. The molecule has 1 fully saturated rings. The Balaban J connectivity index is 1.78. The largest absolute Gasteiger partial charge is 0.481 e. The molecule has 0 bridgehead atoms. The Labute approximate surface area is 149 Å². The minimum Gasteiger partial charge on any atom is -0.481 e. The van der Waals surface area contributed by atoms with Crippen LogP contribution in [-0.4, -0.2) is 40.9 Å². The van der Waals surface area contributed by atoms with Gasteiger partial charge in [0.2, 0.25) is 0 Å². The number of amidine groups is 1. The SMILES string of the molecule is NC(CC(=O)O)=NC1CN(C(c2ccc(F)cc2)c2ccc(F)cc2)C1.